The van der Waals surface area contributed by atoms with Crippen LogP contribution in [0.25, 0.3) is 0 Å². The summed E-state index contributed by atoms with van der Waals surface area (Å²) in [5.74, 6) is 5.80. The van der Waals surface area contributed by atoms with E-state index >= 15 is 0 Å². The molecule has 0 aromatic heterocycles. The second kappa shape index (κ2) is 7.70. The van der Waals surface area contributed by atoms with Crippen LogP contribution in [0.3, 0.4) is 0 Å². The molecule has 1 aromatic carbocycles. The van der Waals surface area contributed by atoms with Crippen molar-refractivity contribution in [3.05, 3.63) is 29.3 Å². The minimum Gasteiger partial charge on any atom is -0.335 e. The lowest BCUT2D eigenvalue weighted by molar-refractivity contribution is 0.244. The topological polar surface area (TPSA) is 67.1 Å². The van der Waals surface area contributed by atoms with Gasteiger partial charge in [0, 0.05) is 17.3 Å². The van der Waals surface area contributed by atoms with Crippen LogP contribution in [0, 0.1) is 18.8 Å². The van der Waals surface area contributed by atoms with E-state index in [0.717, 1.165) is 29.7 Å². The van der Waals surface area contributed by atoms with Crippen molar-refractivity contribution in [1.29, 1.82) is 0 Å². The van der Waals surface area contributed by atoms with E-state index in [1.165, 1.54) is 19.3 Å². The number of rotatable bonds is 2. The highest BCUT2D eigenvalue weighted by molar-refractivity contribution is 5.90. The average molecular weight is 285 g/mol. The molecule has 4 N–H and O–H groups in total. The molecule has 1 aliphatic carbocycles. The zero-order chi connectivity index (χ0) is 15.1. The molecular formula is C17H23N3O. The van der Waals surface area contributed by atoms with Gasteiger partial charge >= 0.3 is 6.03 Å². The van der Waals surface area contributed by atoms with Gasteiger partial charge in [0.2, 0.25) is 0 Å². The normalized spacial score (nSPS) is 15.0. The first kappa shape index (κ1) is 15.4. The molecule has 1 aliphatic rings. The van der Waals surface area contributed by atoms with Crippen molar-refractivity contribution < 1.29 is 4.79 Å². The van der Waals surface area contributed by atoms with Crippen molar-refractivity contribution in [3.8, 4) is 11.8 Å². The molecule has 0 radical (unpaired) electrons. The Labute approximate surface area is 126 Å². The summed E-state index contributed by atoms with van der Waals surface area (Å²) in [4.78, 5) is 12.1. The molecule has 1 aromatic rings. The van der Waals surface area contributed by atoms with Crippen LogP contribution in [0.4, 0.5) is 10.5 Å². The first-order chi connectivity index (χ1) is 10.2. The molecule has 0 saturated heterocycles. The predicted octanol–water partition coefficient (Wildman–Crippen LogP) is 2.76. The highest BCUT2D eigenvalue weighted by Crippen LogP contribution is 2.19. The Kier molecular flexibility index (Phi) is 5.65. The molecule has 4 heteroatoms. The van der Waals surface area contributed by atoms with Gasteiger partial charge < -0.3 is 16.4 Å². The summed E-state index contributed by atoms with van der Waals surface area (Å²) in [6.07, 6.45) is 5.84. The Morgan fingerprint density at radius 2 is 2.10 bits per heavy atom. The highest BCUT2D eigenvalue weighted by Gasteiger charge is 2.15. The molecule has 0 bridgehead atoms. The van der Waals surface area contributed by atoms with Crippen molar-refractivity contribution in [2.45, 2.75) is 45.1 Å². The first-order valence-corrected chi connectivity index (χ1v) is 7.56. The van der Waals surface area contributed by atoms with Gasteiger partial charge in [-0.15, -0.1) is 0 Å². The fourth-order valence-corrected chi connectivity index (χ4v) is 2.58. The number of aryl methyl sites for hydroxylation is 1. The Morgan fingerprint density at radius 1 is 1.33 bits per heavy atom. The van der Waals surface area contributed by atoms with Crippen LogP contribution in [0.5, 0.6) is 0 Å². The Bertz CT molecular complexity index is 551. The molecule has 0 unspecified atom stereocenters. The van der Waals surface area contributed by atoms with Crippen LogP contribution >= 0.6 is 0 Å². The third kappa shape index (κ3) is 4.80. The van der Waals surface area contributed by atoms with E-state index in [-0.39, 0.29) is 6.03 Å². The fourth-order valence-electron chi connectivity index (χ4n) is 2.58. The number of anilines is 1. The summed E-state index contributed by atoms with van der Waals surface area (Å²) in [7, 11) is 0. The molecule has 112 valence electrons. The van der Waals surface area contributed by atoms with Crippen LogP contribution in [-0.2, 0) is 0 Å². The monoisotopic (exact) mass is 285 g/mol. The Hall–Kier alpha value is -1.99. The van der Waals surface area contributed by atoms with Gasteiger partial charge in [-0.3, -0.25) is 0 Å². The van der Waals surface area contributed by atoms with Crippen LogP contribution < -0.4 is 16.4 Å². The molecule has 2 rings (SSSR count). The second-order valence-corrected chi connectivity index (χ2v) is 5.47. The van der Waals surface area contributed by atoms with Crippen LogP contribution in [-0.4, -0.2) is 18.6 Å². The number of carbonyl (C=O) groups is 1. The number of hydrogen-bond acceptors (Lipinski definition) is 2. The molecule has 0 aliphatic heterocycles. The number of hydrogen-bond donors (Lipinski definition) is 3. The molecular weight excluding hydrogens is 262 g/mol. The number of carbonyl (C=O) groups excluding carboxylic acids is 1. The van der Waals surface area contributed by atoms with E-state index < -0.39 is 0 Å². The van der Waals surface area contributed by atoms with E-state index in [0.29, 0.717) is 12.6 Å². The highest BCUT2D eigenvalue weighted by atomic mass is 16.2. The van der Waals surface area contributed by atoms with Gasteiger partial charge in [-0.25, -0.2) is 4.79 Å². The lowest BCUT2D eigenvalue weighted by atomic mass is 9.96. The molecule has 1 fully saturated rings. The largest absolute Gasteiger partial charge is 0.335 e. The summed E-state index contributed by atoms with van der Waals surface area (Å²) in [6, 6.07) is 5.95. The maximum Gasteiger partial charge on any atom is 0.319 e. The lowest BCUT2D eigenvalue weighted by Crippen LogP contribution is -2.39. The standard InChI is InChI=1S/C17H23N3O/c1-13-9-10-14(6-5-11-18)12-16(13)20-17(21)19-15-7-3-2-4-8-15/h9-10,12,15H,2-4,7-8,11,18H2,1H3,(H2,19,20,21). The molecule has 4 nitrogen and oxygen atoms in total. The van der Waals surface area contributed by atoms with E-state index in [4.69, 9.17) is 5.73 Å². The van der Waals surface area contributed by atoms with Crippen molar-refractivity contribution in [3.63, 3.8) is 0 Å². The van der Waals surface area contributed by atoms with Gasteiger partial charge in [-0.05, 0) is 37.5 Å². The third-order valence-electron chi connectivity index (χ3n) is 3.76. The van der Waals surface area contributed by atoms with E-state index in [2.05, 4.69) is 22.5 Å². The fraction of sp³-hybridized carbons (Fsp3) is 0.471. The van der Waals surface area contributed by atoms with Crippen molar-refractivity contribution in [1.82, 2.24) is 5.32 Å². The third-order valence-corrected chi connectivity index (χ3v) is 3.76. The second-order valence-electron chi connectivity index (χ2n) is 5.47. The van der Waals surface area contributed by atoms with Crippen LogP contribution in [0.1, 0.15) is 43.2 Å². The average Bonchev–Trinajstić information content (AvgIpc) is 2.49. The van der Waals surface area contributed by atoms with Gasteiger partial charge in [0.25, 0.3) is 0 Å². The van der Waals surface area contributed by atoms with Crippen molar-refractivity contribution >= 4 is 11.7 Å². The molecule has 1 saturated carbocycles. The number of benzene rings is 1. The van der Waals surface area contributed by atoms with E-state index in [9.17, 15) is 4.79 Å². The molecule has 0 heterocycles. The quantitative estimate of drug-likeness (QED) is 0.731. The summed E-state index contributed by atoms with van der Waals surface area (Å²) in [5.41, 5.74) is 8.05. The molecule has 21 heavy (non-hydrogen) atoms. The number of amides is 2. The number of nitrogens with one attached hydrogen (secondary N) is 2. The van der Waals surface area contributed by atoms with Crippen molar-refractivity contribution in [2.75, 3.05) is 11.9 Å². The molecule has 0 spiro atoms. The predicted molar refractivity (Wildman–Crippen MR) is 86.1 cm³/mol. The van der Waals surface area contributed by atoms with Gasteiger partial charge in [0.05, 0.1) is 6.54 Å². The van der Waals surface area contributed by atoms with E-state index in [1.807, 2.05) is 25.1 Å². The van der Waals surface area contributed by atoms with Gasteiger partial charge in [-0.2, -0.15) is 0 Å². The first-order valence-electron chi connectivity index (χ1n) is 7.56. The zero-order valence-electron chi connectivity index (χ0n) is 12.5. The number of nitrogens with two attached hydrogens (primary N) is 1. The SMILES string of the molecule is Cc1ccc(C#CCN)cc1NC(=O)NC1CCCCC1. The van der Waals surface area contributed by atoms with Crippen molar-refractivity contribution in [2.24, 2.45) is 5.73 Å². The molecule has 0 atom stereocenters. The van der Waals surface area contributed by atoms with Gasteiger partial charge in [-0.1, -0.05) is 37.2 Å². The minimum absolute atomic E-state index is 0.131. The van der Waals surface area contributed by atoms with Crippen LogP contribution in [0.2, 0.25) is 0 Å². The maximum atomic E-state index is 12.1. The summed E-state index contributed by atoms with van der Waals surface area (Å²) >= 11 is 0. The Balaban J connectivity index is 1.98. The summed E-state index contributed by atoms with van der Waals surface area (Å²) < 4.78 is 0. The summed E-state index contributed by atoms with van der Waals surface area (Å²) in [6.45, 7) is 2.30. The van der Waals surface area contributed by atoms with Crippen LogP contribution in [0.15, 0.2) is 18.2 Å². The molecule has 2 amide bonds. The summed E-state index contributed by atoms with van der Waals surface area (Å²) in [5, 5.41) is 5.98. The zero-order valence-corrected chi connectivity index (χ0v) is 12.5. The number of urea groups is 1. The van der Waals surface area contributed by atoms with E-state index in [1.54, 1.807) is 0 Å². The van der Waals surface area contributed by atoms with Gasteiger partial charge in [0.15, 0.2) is 0 Å². The smallest absolute Gasteiger partial charge is 0.319 e. The Morgan fingerprint density at radius 3 is 2.81 bits per heavy atom. The minimum atomic E-state index is -0.131. The van der Waals surface area contributed by atoms with Gasteiger partial charge in [0.1, 0.15) is 0 Å². The lowest BCUT2D eigenvalue weighted by Gasteiger charge is -2.23. The maximum absolute atomic E-state index is 12.1.